The van der Waals surface area contributed by atoms with Gasteiger partial charge in [0.2, 0.25) is 11.5 Å². The Morgan fingerprint density at radius 2 is 1.64 bits per heavy atom. The van der Waals surface area contributed by atoms with Crippen LogP contribution in [0, 0.1) is 0 Å². The molecule has 1 aliphatic heterocycles. The Balaban J connectivity index is 1.35. The first-order valence-corrected chi connectivity index (χ1v) is 21.3. The zero-order valence-electron chi connectivity index (χ0n) is 32.3. The second-order valence-corrected chi connectivity index (χ2v) is 17.0. The van der Waals surface area contributed by atoms with Crippen LogP contribution < -0.4 is 21.7 Å². The molecule has 1 aliphatic rings. The predicted molar refractivity (Wildman–Crippen MR) is 217 cm³/mol. The number of phenols is 4. The fourth-order valence-corrected chi connectivity index (χ4v) is 8.02. The molecule has 1 aromatic heterocycles. The number of amides is 5. The molecule has 2 atom stereocenters. The van der Waals surface area contributed by atoms with Gasteiger partial charge in [-0.15, -0.1) is 0 Å². The molecule has 1 unspecified atom stereocenters. The van der Waals surface area contributed by atoms with Gasteiger partial charge in [-0.3, -0.25) is 28.5 Å². The van der Waals surface area contributed by atoms with Crippen LogP contribution in [0.1, 0.15) is 52.3 Å². The largest absolute Gasteiger partial charge is 0.504 e. The van der Waals surface area contributed by atoms with Crippen LogP contribution in [0.3, 0.4) is 0 Å². The van der Waals surface area contributed by atoms with Crippen LogP contribution in [0.4, 0.5) is 5.13 Å². The minimum absolute atomic E-state index is 0.00922. The van der Waals surface area contributed by atoms with Gasteiger partial charge in [-0.05, 0) is 51.0 Å². The highest BCUT2D eigenvalue weighted by atomic mass is 32.2. The van der Waals surface area contributed by atoms with Crippen LogP contribution >= 0.6 is 23.1 Å². The number of phenolic OH excluding ortho intramolecular Hbond substituents is 4. The first kappa shape index (κ1) is 47.3. The van der Waals surface area contributed by atoms with E-state index in [2.05, 4.69) is 26.1 Å². The van der Waals surface area contributed by atoms with Gasteiger partial charge in [-0.25, -0.2) is 14.1 Å². The van der Waals surface area contributed by atoms with Crippen LogP contribution in [-0.2, 0) is 34.3 Å². The summed E-state index contributed by atoms with van der Waals surface area (Å²) in [6.07, 6.45) is 1.67. The van der Waals surface area contributed by atoms with Crippen molar-refractivity contribution in [3.8, 4) is 23.0 Å². The maximum atomic E-state index is 13.4. The number of nitrogens with two attached hydrogens (primary N) is 1. The SMILES string of the molecule is CC(C)(O/N=C(\C(=O)NC1C(=O)N(S(=O)(=O)O)[C@H]1CSCCNC(=O)CN(CCCCNC(=O)c1cccc(O)c1O)C(=O)c1cccc(O)c1O)c1cnc(N)s1)C(=O)O. The molecule has 26 heteroatoms. The summed E-state index contributed by atoms with van der Waals surface area (Å²) in [4.78, 5) is 86.6. The Morgan fingerprint density at radius 3 is 2.25 bits per heavy atom. The van der Waals surface area contributed by atoms with E-state index in [9.17, 15) is 67.3 Å². The van der Waals surface area contributed by atoms with Crippen molar-refractivity contribution in [2.24, 2.45) is 5.16 Å². The minimum Gasteiger partial charge on any atom is -0.504 e. The highest BCUT2D eigenvalue weighted by Gasteiger charge is 2.54. The van der Waals surface area contributed by atoms with E-state index in [-0.39, 0.29) is 69.4 Å². The number of hydrogen-bond acceptors (Lipinski definition) is 18. The van der Waals surface area contributed by atoms with E-state index in [1.807, 2.05) is 0 Å². The number of β-lactam (4-membered cyclic amide) rings is 1. The molecule has 0 spiro atoms. The monoisotopic (exact) mass is 910 g/mol. The van der Waals surface area contributed by atoms with Gasteiger partial charge in [0.1, 0.15) is 6.04 Å². The average molecular weight is 911 g/mol. The van der Waals surface area contributed by atoms with E-state index in [4.69, 9.17) is 10.6 Å². The van der Waals surface area contributed by atoms with Crippen molar-refractivity contribution < 1.29 is 72.1 Å². The maximum absolute atomic E-state index is 13.4. The molecule has 1 fully saturated rings. The fourth-order valence-electron chi connectivity index (χ4n) is 5.39. The van der Waals surface area contributed by atoms with Gasteiger partial charge < -0.3 is 57.0 Å². The molecule has 0 radical (unpaired) electrons. The van der Waals surface area contributed by atoms with Gasteiger partial charge >= 0.3 is 16.3 Å². The molecular formula is C35H42N8O15S3. The van der Waals surface area contributed by atoms with E-state index in [0.29, 0.717) is 0 Å². The third kappa shape index (κ3) is 12.1. The Hall–Kier alpha value is -6.38. The number of carbonyl (C=O) groups is 6. The summed E-state index contributed by atoms with van der Waals surface area (Å²) in [5.41, 5.74) is 2.81. The van der Waals surface area contributed by atoms with E-state index >= 15 is 0 Å². The molecule has 0 aliphatic carbocycles. The molecule has 4 rings (SSSR count). The number of oxime groups is 1. The Morgan fingerprint density at radius 1 is 1.00 bits per heavy atom. The lowest BCUT2D eigenvalue weighted by Gasteiger charge is -2.44. The number of unbranched alkanes of at least 4 members (excludes halogenated alkanes) is 1. The normalized spacial score (nSPS) is 15.4. The highest BCUT2D eigenvalue weighted by Crippen LogP contribution is 2.31. The number of aliphatic carboxylic acids is 1. The fraction of sp³-hybridized carbons (Fsp3) is 0.371. The van der Waals surface area contributed by atoms with E-state index in [1.54, 1.807) is 0 Å². The third-order valence-corrected chi connectivity index (χ3v) is 11.5. The Bertz CT molecular complexity index is 2300. The number of nitrogen functional groups attached to an aromatic ring is 1. The number of nitrogens with one attached hydrogen (secondary N) is 3. The van der Waals surface area contributed by atoms with Crippen LogP contribution in [0.15, 0.2) is 47.8 Å². The lowest BCUT2D eigenvalue weighted by molar-refractivity contribution is -0.161. The number of para-hydroxylation sites is 2. The first-order valence-electron chi connectivity index (χ1n) is 17.9. The van der Waals surface area contributed by atoms with Crippen molar-refractivity contribution in [1.29, 1.82) is 0 Å². The molecule has 3 aromatic rings. The van der Waals surface area contributed by atoms with Crippen molar-refractivity contribution in [3.63, 3.8) is 0 Å². The number of nitrogens with zero attached hydrogens (tertiary/aromatic N) is 4. The van der Waals surface area contributed by atoms with Gasteiger partial charge in [0.15, 0.2) is 33.8 Å². The summed E-state index contributed by atoms with van der Waals surface area (Å²) in [6, 6.07) is 4.77. The van der Waals surface area contributed by atoms with Crippen LogP contribution in [0.2, 0.25) is 0 Å². The van der Waals surface area contributed by atoms with Gasteiger partial charge in [-0.1, -0.05) is 28.6 Å². The standard InChI is InChI=1S/C35H42N8O15S3/c1-35(2,33(53)54)58-41-26(23-15-39-34(36)60-23)30(50)40-25-20(43(32(25)52)61(55,56)57)17-59-14-12-37-24(46)16-42(31(51)19-8-6-10-22(45)28(19)48)13-4-3-11-38-29(49)18-7-5-9-21(44)27(18)47/h5-10,15,20,25,44-45,47-48H,3-4,11-14,16-17H2,1-2H3,(H2,36,39)(H,37,46)(H,38,49)(H,40,50)(H,53,54)(H,55,56,57)/b41-26-/t20-,25?/m0/s1. The van der Waals surface area contributed by atoms with Crippen LogP contribution in [-0.4, -0.2) is 149 Å². The van der Waals surface area contributed by atoms with E-state index < -0.39 is 98.7 Å². The molecule has 0 bridgehead atoms. The smallest absolute Gasteiger partial charge is 0.362 e. The average Bonchev–Trinajstić information content (AvgIpc) is 3.62. The molecule has 2 heterocycles. The topological polar surface area (TPSA) is 361 Å². The lowest BCUT2D eigenvalue weighted by atomic mass is 10.0. The zero-order valence-corrected chi connectivity index (χ0v) is 34.8. The summed E-state index contributed by atoms with van der Waals surface area (Å²) < 4.78 is 34.0. The van der Waals surface area contributed by atoms with E-state index in [0.717, 1.165) is 54.1 Å². The molecule has 23 nitrogen and oxygen atoms in total. The van der Waals surface area contributed by atoms with Gasteiger partial charge in [-0.2, -0.15) is 20.2 Å². The van der Waals surface area contributed by atoms with E-state index in [1.165, 1.54) is 30.3 Å². The van der Waals surface area contributed by atoms with Crippen molar-refractivity contribution in [3.05, 3.63) is 58.6 Å². The van der Waals surface area contributed by atoms with Gasteiger partial charge in [0, 0.05) is 37.3 Å². The number of aromatic nitrogens is 1. The van der Waals surface area contributed by atoms with Gasteiger partial charge in [0.25, 0.3) is 23.6 Å². The van der Waals surface area contributed by atoms with Crippen molar-refractivity contribution in [2.75, 3.05) is 43.4 Å². The number of anilines is 1. The third-order valence-electron chi connectivity index (χ3n) is 8.68. The molecule has 11 N–H and O–H groups in total. The first-order chi connectivity index (χ1) is 28.6. The summed E-state index contributed by atoms with van der Waals surface area (Å²) >= 11 is 1.80. The summed E-state index contributed by atoms with van der Waals surface area (Å²) in [7, 11) is -5.09. The molecule has 2 aromatic carbocycles. The number of carboxylic acid groups (broad SMARTS) is 1. The number of rotatable bonds is 21. The Kier molecular flexibility index (Phi) is 15.7. The van der Waals surface area contributed by atoms with Gasteiger partial charge in [0.05, 0.1) is 28.6 Å². The number of benzene rings is 2. The van der Waals surface area contributed by atoms with Crippen LogP contribution in [0.5, 0.6) is 23.0 Å². The van der Waals surface area contributed by atoms with Crippen molar-refractivity contribution in [1.82, 2.24) is 30.1 Å². The molecule has 330 valence electrons. The minimum atomic E-state index is -5.09. The number of aromatic hydroxyl groups is 4. The number of carboxylic acids is 1. The van der Waals surface area contributed by atoms with Crippen molar-refractivity contribution >= 4 is 79.8 Å². The second-order valence-electron chi connectivity index (χ2n) is 13.5. The molecule has 5 amide bonds. The predicted octanol–water partition coefficient (Wildman–Crippen LogP) is -0.168. The molecule has 1 saturated heterocycles. The summed E-state index contributed by atoms with van der Waals surface area (Å²) in [6.45, 7) is 1.77. The molecule has 0 saturated carbocycles. The zero-order chi connectivity index (χ0) is 45.2. The highest BCUT2D eigenvalue weighted by molar-refractivity contribution is 7.99. The summed E-state index contributed by atoms with van der Waals surface area (Å²) in [5, 5.41) is 60.4. The second kappa shape index (κ2) is 20.3. The lowest BCUT2D eigenvalue weighted by Crippen LogP contribution is -2.73. The number of thiazole rings is 1. The number of carbonyl (C=O) groups excluding carboxylic acids is 5. The maximum Gasteiger partial charge on any atom is 0.362 e. The quantitative estimate of drug-likeness (QED) is 0.0166. The summed E-state index contributed by atoms with van der Waals surface area (Å²) in [5.74, 6) is -8.27. The Labute approximate surface area is 355 Å². The van der Waals surface area contributed by atoms with Crippen molar-refractivity contribution in [2.45, 2.75) is 44.4 Å². The molecule has 61 heavy (non-hydrogen) atoms. The molecular weight excluding hydrogens is 869 g/mol. The number of thioether (sulfide) groups is 1. The van der Waals surface area contributed by atoms with Crippen LogP contribution in [0.25, 0.3) is 0 Å². The number of hydrogen-bond donors (Lipinski definition) is 10.